The fraction of sp³-hybridized carbons (Fsp3) is 0.241. The number of nitrogens with zero attached hydrogens (tertiary/aromatic N) is 2. The molecule has 1 fully saturated rings. The van der Waals surface area contributed by atoms with Gasteiger partial charge >= 0.3 is 0 Å². The molecule has 0 radical (unpaired) electrons. The van der Waals surface area contributed by atoms with E-state index in [2.05, 4.69) is 116 Å². The molecule has 1 aromatic heterocycles. The second kappa shape index (κ2) is 21.6. The van der Waals surface area contributed by atoms with Crippen LogP contribution in [0.5, 0.6) is 23.0 Å². The van der Waals surface area contributed by atoms with Gasteiger partial charge < -0.3 is 24.6 Å². The molecule has 0 atom stereocenters. The predicted molar refractivity (Wildman–Crippen MR) is 256 cm³/mol. The molecule has 1 aliphatic heterocycles. The van der Waals surface area contributed by atoms with Crippen LogP contribution < -0.4 is 9.47 Å². The smallest absolute Gasteiger partial charge is 0.195 e. The summed E-state index contributed by atoms with van der Waals surface area (Å²) in [5.74, 6) is 1.92. The average Bonchev–Trinajstić information content (AvgIpc) is 3.68. The van der Waals surface area contributed by atoms with Crippen LogP contribution in [0.3, 0.4) is 0 Å². The molecule has 8 rings (SSSR count). The summed E-state index contributed by atoms with van der Waals surface area (Å²) in [4.78, 5) is 19.0. The van der Waals surface area contributed by atoms with E-state index in [1.54, 1.807) is 42.5 Å². The summed E-state index contributed by atoms with van der Waals surface area (Å²) in [6, 6.07) is 49.0. The number of carbonyl (C=O) groups excluding carboxylic acids is 1. The highest BCUT2D eigenvalue weighted by Gasteiger charge is 2.22. The van der Waals surface area contributed by atoms with E-state index in [-0.39, 0.29) is 17.3 Å². The highest BCUT2D eigenvalue weighted by atomic mass is 32.1. The van der Waals surface area contributed by atoms with Crippen molar-refractivity contribution in [2.24, 2.45) is 0 Å². The maximum atomic E-state index is 13.6. The van der Waals surface area contributed by atoms with Crippen LogP contribution >= 0.6 is 11.3 Å². The third-order valence-corrected chi connectivity index (χ3v) is 12.3. The number of likely N-dealkylation sites (tertiary alicyclic amines) is 1. The van der Waals surface area contributed by atoms with Crippen molar-refractivity contribution in [3.63, 3.8) is 0 Å². The molecule has 0 saturated carbocycles. The summed E-state index contributed by atoms with van der Waals surface area (Å²) in [6.07, 6.45) is 4.82. The zero-order valence-electron chi connectivity index (χ0n) is 35.9. The van der Waals surface area contributed by atoms with Crippen molar-refractivity contribution in [2.45, 2.75) is 32.6 Å². The number of ether oxygens (including phenoxy) is 2. The quantitative estimate of drug-likeness (QED) is 0.0786. The Kier molecular flexibility index (Phi) is 15.3. The Bertz CT molecular complexity index is 2530. The highest BCUT2D eigenvalue weighted by Crippen LogP contribution is 2.42. The lowest BCUT2D eigenvalue weighted by Gasteiger charge is -2.26. The summed E-state index contributed by atoms with van der Waals surface area (Å²) in [6.45, 7) is 7.67. The van der Waals surface area contributed by atoms with E-state index in [1.807, 2.05) is 24.3 Å². The molecule has 318 valence electrons. The van der Waals surface area contributed by atoms with Gasteiger partial charge in [0.25, 0.3) is 0 Å². The van der Waals surface area contributed by atoms with Crippen molar-refractivity contribution in [1.82, 2.24) is 9.80 Å². The first-order chi connectivity index (χ1) is 30.3. The molecule has 0 unspecified atom stereocenters. The van der Waals surface area contributed by atoms with Crippen molar-refractivity contribution in [2.75, 3.05) is 53.5 Å². The van der Waals surface area contributed by atoms with Gasteiger partial charge in [0.05, 0.1) is 0 Å². The molecule has 0 spiro atoms. The van der Waals surface area contributed by atoms with Gasteiger partial charge in [-0.15, -0.1) is 11.3 Å². The first-order valence-corrected chi connectivity index (χ1v) is 22.4. The first-order valence-electron chi connectivity index (χ1n) is 21.5. The number of aromatic hydroxyl groups is 2. The summed E-state index contributed by atoms with van der Waals surface area (Å²) in [5, 5.41) is 20.4. The van der Waals surface area contributed by atoms with Gasteiger partial charge in [-0.25, -0.2) is 0 Å². The highest BCUT2D eigenvalue weighted by molar-refractivity contribution is 7.22. The number of thiophene rings is 1. The molecular formula is C54H56N2O5S. The maximum absolute atomic E-state index is 13.6. The topological polar surface area (TPSA) is 82.5 Å². The van der Waals surface area contributed by atoms with E-state index in [0.717, 1.165) is 64.6 Å². The van der Waals surface area contributed by atoms with Gasteiger partial charge in [0.15, 0.2) is 5.78 Å². The summed E-state index contributed by atoms with van der Waals surface area (Å²) < 4.78 is 12.6. The number of fused-ring (bicyclic) bond motifs is 1. The Balaban J connectivity index is 0.000000190. The maximum Gasteiger partial charge on any atom is 0.195 e. The lowest BCUT2D eigenvalue weighted by molar-refractivity contribution is 0.104. The molecule has 6 aromatic carbocycles. The number of hydrogen-bond acceptors (Lipinski definition) is 8. The fourth-order valence-electron chi connectivity index (χ4n) is 7.80. The number of allylic oxidation sites excluding steroid dienone is 1. The van der Waals surface area contributed by atoms with Crippen LogP contribution in [0.1, 0.15) is 65.2 Å². The van der Waals surface area contributed by atoms with Gasteiger partial charge in [0.2, 0.25) is 0 Å². The molecule has 1 saturated heterocycles. The van der Waals surface area contributed by atoms with Gasteiger partial charge in [0, 0.05) is 39.2 Å². The van der Waals surface area contributed by atoms with Crippen LogP contribution in [0.4, 0.5) is 0 Å². The number of rotatable bonds is 15. The minimum Gasteiger partial charge on any atom is -0.508 e. The molecule has 7 nitrogen and oxygen atoms in total. The van der Waals surface area contributed by atoms with E-state index in [4.69, 9.17) is 9.47 Å². The number of likely N-dealkylation sites (N-methyl/N-ethyl adjacent to an activating group) is 1. The van der Waals surface area contributed by atoms with E-state index in [9.17, 15) is 15.0 Å². The normalized spacial score (nSPS) is 13.3. The molecule has 8 heteroatoms. The van der Waals surface area contributed by atoms with Gasteiger partial charge in [0.1, 0.15) is 36.2 Å². The van der Waals surface area contributed by atoms with Gasteiger partial charge in [-0.2, -0.15) is 0 Å². The fourth-order valence-corrected chi connectivity index (χ4v) is 9.04. The van der Waals surface area contributed by atoms with Crippen LogP contribution in [0, 0.1) is 0 Å². The van der Waals surface area contributed by atoms with Gasteiger partial charge in [-0.3, -0.25) is 9.69 Å². The monoisotopic (exact) mass is 844 g/mol. The van der Waals surface area contributed by atoms with Crippen LogP contribution in [0.15, 0.2) is 152 Å². The van der Waals surface area contributed by atoms with Crippen molar-refractivity contribution >= 4 is 38.4 Å². The number of benzene rings is 6. The minimum absolute atomic E-state index is 0.0834. The van der Waals surface area contributed by atoms with E-state index in [1.165, 1.54) is 58.4 Å². The lowest BCUT2D eigenvalue weighted by atomic mass is 9.88. The number of phenolic OH excluding ortho intramolecular Hbond substituents is 2. The number of piperidine rings is 1. The van der Waals surface area contributed by atoms with Crippen molar-refractivity contribution in [1.29, 1.82) is 0 Å². The van der Waals surface area contributed by atoms with E-state index in [0.29, 0.717) is 24.3 Å². The molecule has 0 amide bonds. The first kappa shape index (κ1) is 43.9. The Morgan fingerprint density at radius 3 is 1.82 bits per heavy atom. The molecule has 2 N–H and O–H groups in total. The largest absolute Gasteiger partial charge is 0.508 e. The Morgan fingerprint density at radius 1 is 0.645 bits per heavy atom. The molecule has 0 bridgehead atoms. The van der Waals surface area contributed by atoms with Gasteiger partial charge in [-0.1, -0.05) is 86.1 Å². The standard InChI is InChI=1S/C28H27NO4S.C26H29NO/c30-21-8-4-20(5-9-21)28-26(24-13-10-22(31)18-25(24)34-28)27(32)19-6-11-23(12-7-19)33-17-16-29-14-2-1-3-15-29;1-4-25(21-11-7-5-8-12-21)26(22-13-9-6-10-14-22)23-15-17-24(18-16-23)28-20-19-27(2)3/h4-13,18,30-31H,1-3,14-17H2;5-18H,4,19-20H2,1-3H3/b;26-25-. The molecule has 62 heavy (non-hydrogen) atoms. The Labute approximate surface area is 370 Å². The second-order valence-corrected chi connectivity index (χ2v) is 16.8. The SMILES string of the molecule is CC/C(=C(\c1ccccc1)c1ccc(OCCN(C)C)cc1)c1ccccc1.O=C(c1ccc(OCCN2CCCCC2)cc1)c1c(-c2ccc(O)cc2)sc2cc(O)ccc12. The van der Waals surface area contributed by atoms with Crippen LogP contribution in [0.25, 0.3) is 31.7 Å². The van der Waals surface area contributed by atoms with E-state index < -0.39 is 0 Å². The van der Waals surface area contributed by atoms with Crippen molar-refractivity contribution in [3.05, 3.63) is 179 Å². The number of ketones is 1. The molecular weight excluding hydrogens is 789 g/mol. The number of hydrogen-bond donors (Lipinski definition) is 2. The molecule has 1 aliphatic rings. The van der Waals surface area contributed by atoms with E-state index >= 15 is 0 Å². The third kappa shape index (κ3) is 11.4. The third-order valence-electron chi connectivity index (χ3n) is 11.1. The summed E-state index contributed by atoms with van der Waals surface area (Å²) in [5.41, 5.74) is 8.40. The summed E-state index contributed by atoms with van der Waals surface area (Å²) in [7, 11) is 4.11. The van der Waals surface area contributed by atoms with Gasteiger partial charge in [-0.05, 0) is 159 Å². The van der Waals surface area contributed by atoms with Crippen LogP contribution in [0.2, 0.25) is 0 Å². The number of carbonyl (C=O) groups is 1. The lowest BCUT2D eigenvalue weighted by Crippen LogP contribution is -2.33. The summed E-state index contributed by atoms with van der Waals surface area (Å²) >= 11 is 1.46. The number of phenols is 2. The molecule has 2 heterocycles. The van der Waals surface area contributed by atoms with Crippen molar-refractivity contribution in [3.8, 4) is 33.4 Å². The Hall–Kier alpha value is -6.19. The minimum atomic E-state index is -0.0834. The molecule has 7 aromatic rings. The van der Waals surface area contributed by atoms with Crippen LogP contribution in [-0.2, 0) is 0 Å². The average molecular weight is 845 g/mol. The van der Waals surface area contributed by atoms with Crippen LogP contribution in [-0.4, -0.2) is 79.3 Å². The predicted octanol–water partition coefficient (Wildman–Crippen LogP) is 12.1. The van der Waals surface area contributed by atoms with Crippen molar-refractivity contribution < 1.29 is 24.5 Å². The zero-order valence-corrected chi connectivity index (χ0v) is 36.7. The Morgan fingerprint density at radius 2 is 1.21 bits per heavy atom. The zero-order chi connectivity index (χ0) is 43.3. The second-order valence-electron chi connectivity index (χ2n) is 15.8. The molecule has 0 aliphatic carbocycles.